The van der Waals surface area contributed by atoms with Gasteiger partial charge in [-0.3, -0.25) is 4.79 Å². The summed E-state index contributed by atoms with van der Waals surface area (Å²) >= 11 is 11.1. The van der Waals surface area contributed by atoms with E-state index in [1.165, 1.54) is 0 Å². The first-order valence-electron chi connectivity index (χ1n) is 5.09. The van der Waals surface area contributed by atoms with Gasteiger partial charge in [0, 0.05) is 26.7 Å². The lowest BCUT2D eigenvalue weighted by atomic mass is 10.1. The Hall–Kier alpha value is -0.640. The first-order valence-corrected chi connectivity index (χ1v) is 7.14. The lowest BCUT2D eigenvalue weighted by Gasteiger charge is -2.04. The molecule has 1 heterocycles. The number of aryl methyl sites for hydroxylation is 1. The van der Waals surface area contributed by atoms with Gasteiger partial charge in [-0.05, 0) is 40.5 Å². The molecule has 17 heavy (non-hydrogen) atoms. The summed E-state index contributed by atoms with van der Waals surface area (Å²) in [5, 5.41) is 2.54. The molecule has 0 atom stereocenters. The van der Waals surface area contributed by atoms with Gasteiger partial charge in [0.2, 0.25) is 0 Å². The van der Waals surface area contributed by atoms with Gasteiger partial charge in [-0.15, -0.1) is 11.3 Å². The Morgan fingerprint density at radius 2 is 2.24 bits per heavy atom. The molecule has 0 aliphatic rings. The summed E-state index contributed by atoms with van der Waals surface area (Å²) in [6, 6.07) is 7.51. The molecule has 0 saturated carbocycles. The van der Waals surface area contributed by atoms with Crippen LogP contribution in [0.2, 0.25) is 5.02 Å². The van der Waals surface area contributed by atoms with Crippen LogP contribution in [0.5, 0.6) is 0 Å². The predicted molar refractivity (Wildman–Crippen MR) is 76.2 cm³/mol. The zero-order valence-corrected chi connectivity index (χ0v) is 12.3. The van der Waals surface area contributed by atoms with Gasteiger partial charge in [-0.1, -0.05) is 23.7 Å². The minimum absolute atomic E-state index is 0.0630. The van der Waals surface area contributed by atoms with Crippen molar-refractivity contribution in [1.29, 1.82) is 0 Å². The third kappa shape index (κ3) is 2.97. The molecule has 0 amide bonds. The van der Waals surface area contributed by atoms with E-state index in [-0.39, 0.29) is 5.78 Å². The number of hydrogen-bond acceptors (Lipinski definition) is 2. The van der Waals surface area contributed by atoms with Crippen LogP contribution in [0.25, 0.3) is 0 Å². The summed E-state index contributed by atoms with van der Waals surface area (Å²) in [5.74, 6) is 0.0630. The number of benzene rings is 1. The van der Waals surface area contributed by atoms with Crippen molar-refractivity contribution in [2.24, 2.45) is 0 Å². The molecule has 2 rings (SSSR count). The Bertz CT molecular complexity index is 562. The van der Waals surface area contributed by atoms with E-state index in [9.17, 15) is 4.79 Å². The van der Waals surface area contributed by atoms with Crippen LogP contribution in [0, 0.1) is 6.92 Å². The van der Waals surface area contributed by atoms with E-state index >= 15 is 0 Å². The van der Waals surface area contributed by atoms with E-state index in [2.05, 4.69) is 15.9 Å². The SMILES string of the molecule is Cc1cccc(C(=O)Cc2cc(Br)cs2)c1Cl. The maximum Gasteiger partial charge on any atom is 0.169 e. The van der Waals surface area contributed by atoms with Crippen LogP contribution in [0.1, 0.15) is 20.8 Å². The molecule has 0 spiro atoms. The second-order valence-corrected chi connectivity index (χ2v) is 6.06. The Labute approximate surface area is 118 Å². The summed E-state index contributed by atoms with van der Waals surface area (Å²) < 4.78 is 1.01. The first-order chi connectivity index (χ1) is 8.08. The van der Waals surface area contributed by atoms with Crippen molar-refractivity contribution in [2.45, 2.75) is 13.3 Å². The van der Waals surface area contributed by atoms with Crippen LogP contribution in [-0.4, -0.2) is 5.78 Å². The highest BCUT2D eigenvalue weighted by molar-refractivity contribution is 9.10. The number of carbonyl (C=O) groups is 1. The van der Waals surface area contributed by atoms with E-state index < -0.39 is 0 Å². The van der Waals surface area contributed by atoms with Gasteiger partial charge in [0.05, 0.1) is 5.02 Å². The molecule has 0 N–H and O–H groups in total. The molecule has 0 bridgehead atoms. The molecule has 0 fully saturated rings. The first kappa shape index (κ1) is 12.8. The monoisotopic (exact) mass is 328 g/mol. The lowest BCUT2D eigenvalue weighted by molar-refractivity contribution is 0.0994. The lowest BCUT2D eigenvalue weighted by Crippen LogP contribution is -2.03. The van der Waals surface area contributed by atoms with Gasteiger partial charge in [-0.25, -0.2) is 0 Å². The summed E-state index contributed by atoms with van der Waals surface area (Å²) in [5.41, 5.74) is 1.54. The topological polar surface area (TPSA) is 17.1 Å². The summed E-state index contributed by atoms with van der Waals surface area (Å²) in [6.45, 7) is 1.90. The van der Waals surface area contributed by atoms with E-state index in [0.717, 1.165) is 14.9 Å². The highest BCUT2D eigenvalue weighted by atomic mass is 79.9. The molecule has 1 aromatic heterocycles. The van der Waals surface area contributed by atoms with Crippen LogP contribution in [0.3, 0.4) is 0 Å². The van der Waals surface area contributed by atoms with Gasteiger partial charge >= 0.3 is 0 Å². The molecule has 0 radical (unpaired) electrons. The predicted octanol–water partition coefficient (Wildman–Crippen LogP) is 4.90. The van der Waals surface area contributed by atoms with Gasteiger partial charge < -0.3 is 0 Å². The number of ketones is 1. The summed E-state index contributed by atoms with van der Waals surface area (Å²) in [6.07, 6.45) is 0.402. The maximum atomic E-state index is 12.1. The van der Waals surface area contributed by atoms with Crippen molar-refractivity contribution in [2.75, 3.05) is 0 Å². The number of hydrogen-bond donors (Lipinski definition) is 0. The molecular weight excluding hydrogens is 320 g/mol. The van der Waals surface area contributed by atoms with Crippen LogP contribution < -0.4 is 0 Å². The van der Waals surface area contributed by atoms with E-state index in [1.54, 1.807) is 17.4 Å². The molecule has 1 aromatic carbocycles. The van der Waals surface area contributed by atoms with Crippen molar-refractivity contribution in [3.8, 4) is 0 Å². The highest BCUT2D eigenvalue weighted by Gasteiger charge is 2.13. The fourth-order valence-electron chi connectivity index (χ4n) is 1.56. The van der Waals surface area contributed by atoms with E-state index in [1.807, 2.05) is 30.5 Å². The normalized spacial score (nSPS) is 10.5. The van der Waals surface area contributed by atoms with Gasteiger partial charge in [0.15, 0.2) is 5.78 Å². The standard InChI is InChI=1S/C13H10BrClOS/c1-8-3-2-4-11(13(8)15)12(16)6-10-5-9(14)7-17-10/h2-5,7H,6H2,1H3. The fraction of sp³-hybridized carbons (Fsp3) is 0.154. The Morgan fingerprint density at radius 3 is 2.88 bits per heavy atom. The highest BCUT2D eigenvalue weighted by Crippen LogP contribution is 2.25. The van der Waals surface area contributed by atoms with Crippen molar-refractivity contribution < 1.29 is 4.79 Å². The van der Waals surface area contributed by atoms with Crippen LogP contribution in [0.15, 0.2) is 34.1 Å². The molecule has 4 heteroatoms. The average molecular weight is 330 g/mol. The molecular formula is C13H10BrClOS. The third-order valence-electron chi connectivity index (χ3n) is 2.45. The second kappa shape index (κ2) is 5.34. The van der Waals surface area contributed by atoms with Gasteiger partial charge in [0.25, 0.3) is 0 Å². The smallest absolute Gasteiger partial charge is 0.169 e. The number of carbonyl (C=O) groups excluding carboxylic acids is 1. The quantitative estimate of drug-likeness (QED) is 0.732. The molecule has 88 valence electrons. The van der Waals surface area contributed by atoms with Gasteiger partial charge in [0.1, 0.15) is 0 Å². The van der Waals surface area contributed by atoms with Crippen LogP contribution in [-0.2, 0) is 6.42 Å². The number of rotatable bonds is 3. The van der Waals surface area contributed by atoms with Crippen LogP contribution >= 0.6 is 38.9 Å². The van der Waals surface area contributed by atoms with E-state index in [0.29, 0.717) is 17.0 Å². The largest absolute Gasteiger partial charge is 0.294 e. The minimum atomic E-state index is 0.0630. The Kier molecular flexibility index (Phi) is 4.02. The zero-order chi connectivity index (χ0) is 12.4. The fourth-order valence-corrected chi connectivity index (χ4v) is 3.24. The van der Waals surface area contributed by atoms with Crippen LogP contribution in [0.4, 0.5) is 0 Å². The van der Waals surface area contributed by atoms with Crippen molar-refractivity contribution in [3.05, 3.63) is 55.1 Å². The Balaban J connectivity index is 2.23. The maximum absolute atomic E-state index is 12.1. The van der Waals surface area contributed by atoms with E-state index in [4.69, 9.17) is 11.6 Å². The Morgan fingerprint density at radius 1 is 1.47 bits per heavy atom. The molecule has 1 nitrogen and oxygen atoms in total. The number of Topliss-reactive ketones (excluding diaryl/α,β-unsaturated/α-hetero) is 1. The van der Waals surface area contributed by atoms with Gasteiger partial charge in [-0.2, -0.15) is 0 Å². The molecule has 2 aromatic rings. The third-order valence-corrected chi connectivity index (χ3v) is 4.65. The van der Waals surface area contributed by atoms with Crippen molar-refractivity contribution in [3.63, 3.8) is 0 Å². The number of thiophene rings is 1. The van der Waals surface area contributed by atoms with Crippen molar-refractivity contribution >= 4 is 44.7 Å². The molecule has 0 unspecified atom stereocenters. The molecule has 0 aliphatic carbocycles. The number of halogens is 2. The second-order valence-electron chi connectivity index (χ2n) is 3.77. The molecule has 0 saturated heterocycles. The molecule has 0 aliphatic heterocycles. The minimum Gasteiger partial charge on any atom is -0.294 e. The van der Waals surface area contributed by atoms with Crippen molar-refractivity contribution in [1.82, 2.24) is 0 Å². The summed E-state index contributed by atoms with van der Waals surface area (Å²) in [4.78, 5) is 13.1. The summed E-state index contributed by atoms with van der Waals surface area (Å²) in [7, 11) is 0. The zero-order valence-electron chi connectivity index (χ0n) is 9.17. The average Bonchev–Trinajstić information content (AvgIpc) is 2.68.